The van der Waals surface area contributed by atoms with Crippen molar-refractivity contribution < 1.29 is 4.74 Å². The molecule has 0 aliphatic rings. The molecule has 0 aliphatic carbocycles. The van der Waals surface area contributed by atoms with E-state index in [1.54, 1.807) is 0 Å². The fourth-order valence-electron chi connectivity index (χ4n) is 2.99. The van der Waals surface area contributed by atoms with E-state index in [0.717, 1.165) is 45.0 Å². The highest BCUT2D eigenvalue weighted by atomic mass is 16.5. The van der Waals surface area contributed by atoms with Crippen molar-refractivity contribution in [2.75, 3.05) is 46.9 Å². The summed E-state index contributed by atoms with van der Waals surface area (Å²) in [5.41, 5.74) is 1.30. The second-order valence-electron chi connectivity index (χ2n) is 6.85. The molecule has 24 heavy (non-hydrogen) atoms. The summed E-state index contributed by atoms with van der Waals surface area (Å²) in [7, 11) is 4.21. The first-order chi connectivity index (χ1) is 11.5. The van der Waals surface area contributed by atoms with E-state index < -0.39 is 0 Å². The van der Waals surface area contributed by atoms with Crippen LogP contribution in [0.25, 0.3) is 0 Å². The van der Waals surface area contributed by atoms with Gasteiger partial charge in [0.1, 0.15) is 5.75 Å². The Morgan fingerprint density at radius 2 is 1.67 bits per heavy atom. The van der Waals surface area contributed by atoms with Crippen molar-refractivity contribution in [1.82, 2.24) is 15.1 Å². The summed E-state index contributed by atoms with van der Waals surface area (Å²) < 4.78 is 5.86. The molecule has 2 unspecified atom stereocenters. The lowest BCUT2D eigenvalue weighted by Gasteiger charge is -2.23. The summed E-state index contributed by atoms with van der Waals surface area (Å²) >= 11 is 0. The molecule has 0 bridgehead atoms. The fraction of sp³-hybridized carbons (Fsp3) is 0.700. The lowest BCUT2D eigenvalue weighted by atomic mass is 10.1. The van der Waals surface area contributed by atoms with E-state index in [2.05, 4.69) is 81.2 Å². The average molecular weight is 336 g/mol. The van der Waals surface area contributed by atoms with E-state index in [1.807, 2.05) is 0 Å². The molecule has 1 rings (SSSR count). The van der Waals surface area contributed by atoms with Crippen LogP contribution in [0.1, 0.15) is 45.7 Å². The van der Waals surface area contributed by atoms with Gasteiger partial charge in [-0.1, -0.05) is 26.0 Å². The molecule has 1 aromatic rings. The third-order valence-corrected chi connectivity index (χ3v) is 4.34. The van der Waals surface area contributed by atoms with E-state index in [0.29, 0.717) is 12.1 Å². The van der Waals surface area contributed by atoms with Crippen LogP contribution in [0.5, 0.6) is 5.75 Å². The molecular weight excluding hydrogens is 298 g/mol. The second-order valence-corrected chi connectivity index (χ2v) is 6.85. The van der Waals surface area contributed by atoms with Gasteiger partial charge in [-0.05, 0) is 65.1 Å². The summed E-state index contributed by atoms with van der Waals surface area (Å²) in [6.45, 7) is 14.0. The molecule has 4 heteroatoms. The lowest BCUT2D eigenvalue weighted by Crippen LogP contribution is -2.37. The van der Waals surface area contributed by atoms with Gasteiger partial charge >= 0.3 is 0 Å². The van der Waals surface area contributed by atoms with Crippen molar-refractivity contribution in [2.45, 2.75) is 46.2 Å². The molecule has 0 spiro atoms. The highest BCUT2D eigenvalue weighted by molar-refractivity contribution is 5.29. The number of hydrogen-bond donors (Lipinski definition) is 1. The Morgan fingerprint density at radius 1 is 1.04 bits per heavy atom. The minimum absolute atomic E-state index is 0.344. The van der Waals surface area contributed by atoms with Gasteiger partial charge in [0.15, 0.2) is 0 Å². The fourth-order valence-corrected chi connectivity index (χ4v) is 2.99. The molecule has 0 fully saturated rings. The number of rotatable bonds is 12. The van der Waals surface area contributed by atoms with Gasteiger partial charge in [-0.25, -0.2) is 0 Å². The highest BCUT2D eigenvalue weighted by Gasteiger charge is 2.10. The monoisotopic (exact) mass is 335 g/mol. The van der Waals surface area contributed by atoms with E-state index in [-0.39, 0.29) is 0 Å². The number of nitrogens with one attached hydrogen (secondary N) is 1. The van der Waals surface area contributed by atoms with Crippen molar-refractivity contribution in [1.29, 1.82) is 0 Å². The molecule has 0 saturated heterocycles. The zero-order chi connectivity index (χ0) is 17.9. The van der Waals surface area contributed by atoms with Crippen molar-refractivity contribution in [3.8, 4) is 5.75 Å². The average Bonchev–Trinajstić information content (AvgIpc) is 2.54. The summed E-state index contributed by atoms with van der Waals surface area (Å²) in [6.07, 6.45) is 1.07. The first-order valence-electron chi connectivity index (χ1n) is 9.32. The first-order valence-corrected chi connectivity index (χ1v) is 9.32. The van der Waals surface area contributed by atoms with Crippen LogP contribution in [-0.4, -0.2) is 62.7 Å². The number of nitrogens with zero attached hydrogens (tertiary/aromatic N) is 2. The molecule has 138 valence electrons. The van der Waals surface area contributed by atoms with E-state index in [1.165, 1.54) is 5.56 Å². The molecule has 0 heterocycles. The Bertz CT molecular complexity index is 429. The van der Waals surface area contributed by atoms with Gasteiger partial charge in [-0.2, -0.15) is 0 Å². The molecule has 4 nitrogen and oxygen atoms in total. The lowest BCUT2D eigenvalue weighted by molar-refractivity contribution is 0.249. The Hall–Kier alpha value is -1.10. The van der Waals surface area contributed by atoms with Crippen LogP contribution < -0.4 is 10.1 Å². The molecule has 1 aromatic carbocycles. The van der Waals surface area contributed by atoms with Crippen molar-refractivity contribution >= 4 is 0 Å². The maximum atomic E-state index is 5.86. The predicted octanol–water partition coefficient (Wildman–Crippen LogP) is 3.40. The van der Waals surface area contributed by atoms with Crippen LogP contribution in [0, 0.1) is 0 Å². The van der Waals surface area contributed by atoms with Gasteiger partial charge in [-0.15, -0.1) is 0 Å². The zero-order valence-electron chi connectivity index (χ0n) is 16.5. The van der Waals surface area contributed by atoms with Gasteiger partial charge in [0.25, 0.3) is 0 Å². The second kappa shape index (κ2) is 11.5. The van der Waals surface area contributed by atoms with Crippen LogP contribution in [0.3, 0.4) is 0 Å². The topological polar surface area (TPSA) is 27.7 Å². The number of benzene rings is 1. The Labute approximate surface area is 149 Å². The summed E-state index contributed by atoms with van der Waals surface area (Å²) in [4.78, 5) is 4.63. The van der Waals surface area contributed by atoms with Crippen LogP contribution >= 0.6 is 0 Å². The van der Waals surface area contributed by atoms with Crippen LogP contribution in [-0.2, 0) is 0 Å². The number of hydrogen-bond acceptors (Lipinski definition) is 4. The van der Waals surface area contributed by atoms with Gasteiger partial charge in [-0.3, -0.25) is 0 Å². The van der Waals surface area contributed by atoms with E-state index in [4.69, 9.17) is 4.74 Å². The van der Waals surface area contributed by atoms with E-state index in [9.17, 15) is 0 Å². The Balaban J connectivity index is 2.36. The standard InChI is InChI=1S/C20H37N3O/c1-7-23(8-2)14-9-15-24-20-12-10-19(11-13-20)18(4)21-17(3)16-22(5)6/h10-13,17-18,21H,7-9,14-16H2,1-6H3. The quantitative estimate of drug-likeness (QED) is 0.593. The molecule has 0 radical (unpaired) electrons. The molecule has 0 aromatic heterocycles. The third kappa shape index (κ3) is 8.13. The molecule has 1 N–H and O–H groups in total. The van der Waals surface area contributed by atoms with Crippen LogP contribution in [0.4, 0.5) is 0 Å². The molecular formula is C20H37N3O. The van der Waals surface area contributed by atoms with Crippen molar-refractivity contribution in [3.05, 3.63) is 29.8 Å². The van der Waals surface area contributed by atoms with Crippen molar-refractivity contribution in [3.63, 3.8) is 0 Å². The summed E-state index contributed by atoms with van der Waals surface area (Å²) in [6, 6.07) is 9.31. The normalized spacial score (nSPS) is 14.2. The summed E-state index contributed by atoms with van der Waals surface area (Å²) in [5, 5.41) is 3.64. The van der Waals surface area contributed by atoms with Gasteiger partial charge in [0.2, 0.25) is 0 Å². The van der Waals surface area contributed by atoms with Crippen LogP contribution in [0.2, 0.25) is 0 Å². The molecule has 0 aliphatic heterocycles. The number of likely N-dealkylation sites (N-methyl/N-ethyl adjacent to an activating group) is 1. The molecule has 0 saturated carbocycles. The number of ether oxygens (including phenoxy) is 1. The van der Waals surface area contributed by atoms with Crippen LogP contribution in [0.15, 0.2) is 24.3 Å². The maximum absolute atomic E-state index is 5.86. The Kier molecular flexibility index (Phi) is 9.99. The zero-order valence-corrected chi connectivity index (χ0v) is 16.5. The molecule has 0 amide bonds. The van der Waals surface area contributed by atoms with Gasteiger partial charge in [0, 0.05) is 25.2 Å². The molecule has 2 atom stereocenters. The largest absolute Gasteiger partial charge is 0.494 e. The first kappa shape index (κ1) is 20.9. The highest BCUT2D eigenvalue weighted by Crippen LogP contribution is 2.18. The predicted molar refractivity (Wildman–Crippen MR) is 104 cm³/mol. The van der Waals surface area contributed by atoms with Gasteiger partial charge in [0.05, 0.1) is 6.61 Å². The van der Waals surface area contributed by atoms with Gasteiger partial charge < -0.3 is 19.9 Å². The van der Waals surface area contributed by atoms with Crippen molar-refractivity contribution in [2.24, 2.45) is 0 Å². The smallest absolute Gasteiger partial charge is 0.119 e. The van der Waals surface area contributed by atoms with E-state index >= 15 is 0 Å². The minimum Gasteiger partial charge on any atom is -0.494 e. The minimum atomic E-state index is 0.344. The SMILES string of the molecule is CCN(CC)CCCOc1ccc(C(C)NC(C)CN(C)C)cc1. The maximum Gasteiger partial charge on any atom is 0.119 e. The summed E-state index contributed by atoms with van der Waals surface area (Å²) in [5.74, 6) is 0.965. The third-order valence-electron chi connectivity index (χ3n) is 4.34. The Morgan fingerprint density at radius 3 is 2.21 bits per heavy atom.